The van der Waals surface area contributed by atoms with E-state index in [1.807, 2.05) is 18.2 Å². The fourth-order valence-corrected chi connectivity index (χ4v) is 2.23. The zero-order valence-electron chi connectivity index (χ0n) is 9.05. The van der Waals surface area contributed by atoms with E-state index in [-0.39, 0.29) is 11.9 Å². The number of rotatable bonds is 1. The van der Waals surface area contributed by atoms with Gasteiger partial charge in [0.25, 0.3) is 5.91 Å². The molecule has 0 saturated heterocycles. The molecule has 5 nitrogen and oxygen atoms in total. The molecule has 0 radical (unpaired) electrons. The number of hydrogen-bond acceptors (Lipinski definition) is 3. The summed E-state index contributed by atoms with van der Waals surface area (Å²) < 4.78 is 0. The van der Waals surface area contributed by atoms with Gasteiger partial charge in [-0.15, -0.1) is 0 Å². The van der Waals surface area contributed by atoms with Gasteiger partial charge in [-0.05, 0) is 18.9 Å². The van der Waals surface area contributed by atoms with E-state index in [0.717, 1.165) is 29.3 Å². The van der Waals surface area contributed by atoms with Gasteiger partial charge in [0.1, 0.15) is 0 Å². The van der Waals surface area contributed by atoms with Gasteiger partial charge in [-0.25, -0.2) is 5.01 Å². The van der Waals surface area contributed by atoms with E-state index < -0.39 is 0 Å². The molecule has 84 valence electrons. The maximum atomic E-state index is 12.3. The monoisotopic (exact) mass is 226 g/mol. The molecule has 1 aromatic heterocycles. The first-order valence-electron chi connectivity index (χ1n) is 5.69. The van der Waals surface area contributed by atoms with Gasteiger partial charge in [-0.2, -0.15) is 10.2 Å². The van der Waals surface area contributed by atoms with E-state index in [4.69, 9.17) is 0 Å². The first-order valence-corrected chi connectivity index (χ1v) is 5.69. The molecule has 1 fully saturated rings. The molecule has 1 N–H and O–H groups in total. The first-order chi connectivity index (χ1) is 8.34. The summed E-state index contributed by atoms with van der Waals surface area (Å²) in [6.07, 6.45) is 3.82. The van der Waals surface area contributed by atoms with Crippen molar-refractivity contribution in [3.8, 4) is 0 Å². The number of aromatic amines is 1. The summed E-state index contributed by atoms with van der Waals surface area (Å²) in [6.45, 7) is 0. The standard InChI is InChI=1S/C12H10N4O/c17-12-11-10-7(2-1-3-9(10)14-15-11)6-13-16(12)8-4-5-8/h1-3,6,8H,4-5H2,(H,14,15). The number of aromatic nitrogens is 2. The fourth-order valence-electron chi connectivity index (χ4n) is 2.23. The second-order valence-electron chi connectivity index (χ2n) is 4.47. The average Bonchev–Trinajstić information content (AvgIpc) is 3.08. The summed E-state index contributed by atoms with van der Waals surface area (Å²) in [4.78, 5) is 12.3. The molecule has 0 atom stereocenters. The number of carbonyl (C=O) groups excluding carboxylic acids is 1. The summed E-state index contributed by atoms with van der Waals surface area (Å²) >= 11 is 0. The Hall–Kier alpha value is -2.17. The summed E-state index contributed by atoms with van der Waals surface area (Å²) in [5, 5.41) is 13.8. The Morgan fingerprint density at radius 3 is 3.06 bits per heavy atom. The van der Waals surface area contributed by atoms with E-state index in [1.54, 1.807) is 11.2 Å². The number of hydrogen-bond donors (Lipinski definition) is 1. The molecule has 5 heteroatoms. The molecule has 1 aromatic carbocycles. The van der Waals surface area contributed by atoms with Crippen LogP contribution >= 0.6 is 0 Å². The molecular formula is C12H10N4O. The lowest BCUT2D eigenvalue weighted by atomic mass is 10.1. The van der Waals surface area contributed by atoms with Gasteiger partial charge >= 0.3 is 0 Å². The molecule has 2 heterocycles. The minimum Gasteiger partial charge on any atom is -0.277 e. The SMILES string of the molecule is O=C1c2n[nH]c3cccc(c23)C=NN1C1CC1. The van der Waals surface area contributed by atoms with Gasteiger partial charge in [-0.3, -0.25) is 9.89 Å². The Morgan fingerprint density at radius 1 is 1.35 bits per heavy atom. The van der Waals surface area contributed by atoms with Gasteiger partial charge in [0.05, 0.1) is 17.8 Å². The highest BCUT2D eigenvalue weighted by Crippen LogP contribution is 2.31. The van der Waals surface area contributed by atoms with Crippen LogP contribution in [0.15, 0.2) is 23.3 Å². The van der Waals surface area contributed by atoms with E-state index in [0.29, 0.717) is 5.69 Å². The number of benzene rings is 1. The van der Waals surface area contributed by atoms with Crippen molar-refractivity contribution < 1.29 is 4.79 Å². The number of carbonyl (C=O) groups is 1. The highest BCUT2D eigenvalue weighted by atomic mass is 16.2. The van der Waals surface area contributed by atoms with Gasteiger partial charge < -0.3 is 0 Å². The average molecular weight is 226 g/mol. The molecule has 0 spiro atoms. The third kappa shape index (κ3) is 1.16. The van der Waals surface area contributed by atoms with E-state index in [9.17, 15) is 4.79 Å². The van der Waals surface area contributed by atoms with Crippen LogP contribution in [0.5, 0.6) is 0 Å². The lowest BCUT2D eigenvalue weighted by molar-refractivity contribution is 0.0746. The predicted molar refractivity (Wildman–Crippen MR) is 62.9 cm³/mol. The molecule has 2 aliphatic rings. The maximum absolute atomic E-state index is 12.3. The number of H-pyrrole nitrogens is 1. The van der Waals surface area contributed by atoms with Crippen LogP contribution in [0.2, 0.25) is 0 Å². The summed E-state index contributed by atoms with van der Waals surface area (Å²) in [6, 6.07) is 6.07. The number of nitrogens with one attached hydrogen (secondary N) is 1. The van der Waals surface area contributed by atoms with Crippen LogP contribution in [0.4, 0.5) is 0 Å². The second kappa shape index (κ2) is 2.94. The van der Waals surface area contributed by atoms with E-state index >= 15 is 0 Å². The van der Waals surface area contributed by atoms with Crippen molar-refractivity contribution in [2.24, 2.45) is 5.10 Å². The Bertz CT molecular complexity index is 654. The van der Waals surface area contributed by atoms with Crippen LogP contribution in [0.1, 0.15) is 28.9 Å². The zero-order chi connectivity index (χ0) is 11.4. The summed E-state index contributed by atoms with van der Waals surface area (Å²) in [7, 11) is 0. The lowest BCUT2D eigenvalue weighted by Gasteiger charge is -2.12. The Balaban J connectivity index is 2.00. The Labute approximate surface area is 97.1 Å². The molecule has 1 amide bonds. The third-order valence-corrected chi connectivity index (χ3v) is 3.25. The van der Waals surface area contributed by atoms with Crippen LogP contribution in [0.3, 0.4) is 0 Å². The molecule has 1 aliphatic carbocycles. The van der Waals surface area contributed by atoms with Gasteiger partial charge in [0, 0.05) is 10.9 Å². The van der Waals surface area contributed by atoms with Gasteiger partial charge in [0.15, 0.2) is 5.69 Å². The largest absolute Gasteiger partial charge is 0.295 e. The molecule has 0 unspecified atom stereocenters. The quantitative estimate of drug-likeness (QED) is 0.801. The van der Waals surface area contributed by atoms with Crippen molar-refractivity contribution >= 4 is 23.0 Å². The van der Waals surface area contributed by atoms with Crippen LogP contribution in [-0.4, -0.2) is 33.4 Å². The van der Waals surface area contributed by atoms with E-state index in [2.05, 4.69) is 15.3 Å². The molecule has 1 aliphatic heterocycles. The van der Waals surface area contributed by atoms with Crippen LogP contribution in [-0.2, 0) is 0 Å². The minimum atomic E-state index is -0.0973. The second-order valence-corrected chi connectivity index (χ2v) is 4.47. The predicted octanol–water partition coefficient (Wildman–Crippen LogP) is 1.51. The molecule has 1 saturated carbocycles. The van der Waals surface area contributed by atoms with Crippen LogP contribution in [0.25, 0.3) is 10.9 Å². The van der Waals surface area contributed by atoms with Crippen molar-refractivity contribution in [1.29, 1.82) is 0 Å². The maximum Gasteiger partial charge on any atom is 0.295 e. The smallest absolute Gasteiger partial charge is 0.277 e. The third-order valence-electron chi connectivity index (χ3n) is 3.25. The fraction of sp³-hybridized carbons (Fsp3) is 0.250. The van der Waals surface area contributed by atoms with E-state index in [1.165, 1.54) is 0 Å². The van der Waals surface area contributed by atoms with Crippen molar-refractivity contribution in [3.63, 3.8) is 0 Å². The Morgan fingerprint density at radius 2 is 2.24 bits per heavy atom. The summed E-state index contributed by atoms with van der Waals surface area (Å²) in [5.41, 5.74) is 2.32. The number of amides is 1. The summed E-state index contributed by atoms with van der Waals surface area (Å²) in [5.74, 6) is -0.0973. The lowest BCUT2D eigenvalue weighted by Crippen LogP contribution is -2.27. The normalized spacial score (nSPS) is 18.8. The highest BCUT2D eigenvalue weighted by Gasteiger charge is 2.36. The first kappa shape index (κ1) is 8.92. The number of hydrazone groups is 1. The minimum absolute atomic E-state index is 0.0973. The Kier molecular flexibility index (Phi) is 1.54. The molecular weight excluding hydrogens is 216 g/mol. The van der Waals surface area contributed by atoms with Crippen LogP contribution in [0, 0.1) is 0 Å². The van der Waals surface area contributed by atoms with Crippen molar-refractivity contribution in [3.05, 3.63) is 29.5 Å². The highest BCUT2D eigenvalue weighted by molar-refractivity contribution is 6.12. The number of nitrogens with zero attached hydrogens (tertiary/aromatic N) is 3. The van der Waals surface area contributed by atoms with Crippen molar-refractivity contribution in [2.75, 3.05) is 0 Å². The van der Waals surface area contributed by atoms with Crippen LogP contribution < -0.4 is 0 Å². The molecule has 0 bridgehead atoms. The zero-order valence-corrected chi connectivity index (χ0v) is 9.05. The molecule has 17 heavy (non-hydrogen) atoms. The molecule has 2 aromatic rings. The van der Waals surface area contributed by atoms with Crippen molar-refractivity contribution in [1.82, 2.24) is 15.2 Å². The van der Waals surface area contributed by atoms with Gasteiger partial charge in [0.2, 0.25) is 0 Å². The van der Waals surface area contributed by atoms with Crippen molar-refractivity contribution in [2.45, 2.75) is 18.9 Å². The van der Waals surface area contributed by atoms with Gasteiger partial charge in [-0.1, -0.05) is 12.1 Å². The topological polar surface area (TPSA) is 61.4 Å². The molecule has 4 rings (SSSR count).